The molecule has 0 bridgehead atoms. The van der Waals surface area contributed by atoms with Crippen LogP contribution in [-0.2, 0) is 32.6 Å². The fourth-order valence-electron chi connectivity index (χ4n) is 6.41. The zero-order valence-corrected chi connectivity index (χ0v) is 36.6. The fourth-order valence-corrected chi connectivity index (χ4v) is 7.15. The largest absolute Gasteiger partial charge is 0.498 e. The van der Waals surface area contributed by atoms with E-state index in [9.17, 15) is 14.3 Å². The van der Waals surface area contributed by atoms with Crippen molar-refractivity contribution in [3.05, 3.63) is 24.5 Å². The third kappa shape index (κ3) is 34.1. The van der Waals surface area contributed by atoms with Crippen molar-refractivity contribution in [1.29, 1.82) is 0 Å². The van der Waals surface area contributed by atoms with Crippen molar-refractivity contribution >= 4 is 13.8 Å². The normalized spacial score (nSPS) is 17.7. The molecule has 0 saturated carbocycles. The number of phosphoric acid groups is 1. The summed E-state index contributed by atoms with van der Waals surface area (Å²) in [5.41, 5.74) is 0. The third-order valence-corrected chi connectivity index (χ3v) is 11.0. The molecule has 3 unspecified atom stereocenters. The van der Waals surface area contributed by atoms with E-state index >= 15 is 0 Å². The Kier molecular flexibility index (Phi) is 31.9. The summed E-state index contributed by atoms with van der Waals surface area (Å²) in [6.07, 6.45) is 40.3. The van der Waals surface area contributed by atoms with Gasteiger partial charge in [0, 0.05) is 6.42 Å². The SMILES string of the molecule is CCCCC/C=C\CC1OC1CCCCCCCC(=O)O[C@H](CO/C=C/CCCCCCCCCCCCCCCC)COP(=O)(O)OCC[N+](C)(C)C. The zero-order valence-electron chi connectivity index (χ0n) is 35.7. The number of ether oxygens (including phenoxy) is 3. The number of nitrogens with zero attached hydrogens (tertiary/aromatic N) is 1. The molecule has 1 fully saturated rings. The maximum Gasteiger partial charge on any atom is 0.472 e. The molecule has 318 valence electrons. The Bertz CT molecular complexity index is 984. The van der Waals surface area contributed by atoms with E-state index in [1.807, 2.05) is 27.2 Å². The Morgan fingerprint density at radius 1 is 0.685 bits per heavy atom. The second-order valence-corrected chi connectivity index (χ2v) is 18.0. The number of esters is 1. The highest BCUT2D eigenvalue weighted by Crippen LogP contribution is 2.43. The Morgan fingerprint density at radius 2 is 1.22 bits per heavy atom. The standard InChI is InChI=1S/C44H84NO8P/c1-6-8-10-12-14-15-16-17-18-19-20-21-22-23-28-32-37-49-39-41(40-51-54(47,48)50-38-36-45(3,4)5)52-44(46)35-31-27-24-26-30-34-43-42(53-43)33-29-25-13-11-9-7-2/h25,29,32,37,41-43H,6-24,26-28,30-31,33-36,38-40H2,1-5H3/p+1/b29-25-,37-32+/t41-,42?,43?/m1/s1. The van der Waals surface area contributed by atoms with Crippen LogP contribution < -0.4 is 0 Å². The summed E-state index contributed by atoms with van der Waals surface area (Å²) in [6, 6.07) is 0. The molecule has 0 aromatic carbocycles. The first-order valence-electron chi connectivity index (χ1n) is 22.2. The van der Waals surface area contributed by atoms with Gasteiger partial charge in [0.25, 0.3) is 0 Å². The second-order valence-electron chi connectivity index (χ2n) is 16.5. The van der Waals surface area contributed by atoms with E-state index in [1.165, 1.54) is 109 Å². The van der Waals surface area contributed by atoms with Gasteiger partial charge in [0.1, 0.15) is 19.8 Å². The lowest BCUT2D eigenvalue weighted by molar-refractivity contribution is -0.870. The van der Waals surface area contributed by atoms with Crippen LogP contribution in [0.2, 0.25) is 0 Å². The molecule has 0 aromatic rings. The number of epoxide rings is 1. The van der Waals surface area contributed by atoms with Gasteiger partial charge in [0.2, 0.25) is 0 Å². The third-order valence-electron chi connectivity index (χ3n) is 10.0. The number of unbranched alkanes of at least 4 members (excludes halogenated alkanes) is 21. The molecule has 1 heterocycles. The number of likely N-dealkylation sites (N-methyl/N-ethyl adjacent to an activating group) is 1. The van der Waals surface area contributed by atoms with Crippen molar-refractivity contribution in [3.63, 3.8) is 0 Å². The van der Waals surface area contributed by atoms with Crippen LogP contribution in [0.4, 0.5) is 0 Å². The molecule has 0 radical (unpaired) electrons. The zero-order chi connectivity index (χ0) is 39.6. The summed E-state index contributed by atoms with van der Waals surface area (Å²) >= 11 is 0. The molecular weight excluding hydrogens is 701 g/mol. The summed E-state index contributed by atoms with van der Waals surface area (Å²) in [7, 11) is 1.62. The summed E-state index contributed by atoms with van der Waals surface area (Å²) in [5, 5.41) is 0. The van der Waals surface area contributed by atoms with Crippen LogP contribution in [0.1, 0.15) is 187 Å². The average Bonchev–Trinajstić information content (AvgIpc) is 3.88. The number of carbonyl (C=O) groups excluding carboxylic acids is 1. The maximum atomic E-state index is 12.7. The van der Waals surface area contributed by atoms with Gasteiger partial charge in [-0.3, -0.25) is 13.8 Å². The first-order valence-corrected chi connectivity index (χ1v) is 23.7. The lowest BCUT2D eigenvalue weighted by atomic mass is 10.0. The molecule has 0 spiro atoms. The summed E-state index contributed by atoms with van der Waals surface area (Å²) in [4.78, 5) is 22.9. The lowest BCUT2D eigenvalue weighted by Gasteiger charge is -2.24. The van der Waals surface area contributed by atoms with E-state index in [4.69, 9.17) is 23.3 Å². The highest BCUT2D eigenvalue weighted by Gasteiger charge is 2.36. The molecule has 1 rings (SSSR count). The minimum absolute atomic E-state index is 0.0404. The minimum Gasteiger partial charge on any atom is -0.498 e. The second kappa shape index (κ2) is 33.9. The topological polar surface area (TPSA) is 104 Å². The van der Waals surface area contributed by atoms with E-state index in [1.54, 1.807) is 6.26 Å². The van der Waals surface area contributed by atoms with Crippen molar-refractivity contribution < 1.29 is 42.0 Å². The molecule has 1 aliphatic rings. The molecule has 0 aliphatic carbocycles. The van der Waals surface area contributed by atoms with E-state index in [0.29, 0.717) is 29.7 Å². The molecule has 4 atom stereocenters. The van der Waals surface area contributed by atoms with Gasteiger partial charge >= 0.3 is 13.8 Å². The molecule has 1 aliphatic heterocycles. The molecule has 54 heavy (non-hydrogen) atoms. The van der Waals surface area contributed by atoms with Crippen LogP contribution in [0.3, 0.4) is 0 Å². The number of hydrogen-bond acceptors (Lipinski definition) is 7. The highest BCUT2D eigenvalue weighted by molar-refractivity contribution is 7.47. The molecule has 1 N–H and O–H groups in total. The fraction of sp³-hybridized carbons (Fsp3) is 0.886. The number of allylic oxidation sites excluding steroid dienone is 2. The number of hydrogen-bond donors (Lipinski definition) is 1. The quantitative estimate of drug-likeness (QED) is 0.0125. The van der Waals surface area contributed by atoms with Gasteiger partial charge < -0.3 is 23.6 Å². The maximum absolute atomic E-state index is 12.7. The Labute approximate surface area is 332 Å². The van der Waals surface area contributed by atoms with Crippen molar-refractivity contribution in [2.75, 3.05) is 47.5 Å². The molecule has 9 nitrogen and oxygen atoms in total. The Hall–Kier alpha value is -1.22. The Balaban J connectivity index is 2.25. The highest BCUT2D eigenvalue weighted by atomic mass is 31.2. The van der Waals surface area contributed by atoms with Gasteiger partial charge in [-0.25, -0.2) is 4.57 Å². The number of phosphoric ester groups is 1. The number of carbonyl (C=O) groups is 1. The first kappa shape index (κ1) is 50.8. The average molecular weight is 787 g/mol. The summed E-state index contributed by atoms with van der Waals surface area (Å²) in [5.74, 6) is -0.353. The van der Waals surface area contributed by atoms with E-state index in [2.05, 4.69) is 26.0 Å². The van der Waals surface area contributed by atoms with Gasteiger partial charge in [-0.05, 0) is 51.0 Å². The molecule has 0 amide bonds. The van der Waals surface area contributed by atoms with Crippen molar-refractivity contribution in [1.82, 2.24) is 0 Å². The van der Waals surface area contributed by atoms with Gasteiger partial charge in [-0.1, -0.05) is 148 Å². The monoisotopic (exact) mass is 787 g/mol. The van der Waals surface area contributed by atoms with Gasteiger partial charge in [0.15, 0.2) is 6.10 Å². The molecular formula is C44H85NO8P+. The van der Waals surface area contributed by atoms with Gasteiger partial charge in [-0.2, -0.15) is 0 Å². The van der Waals surface area contributed by atoms with Crippen molar-refractivity contribution in [2.24, 2.45) is 0 Å². The van der Waals surface area contributed by atoms with Crippen LogP contribution in [0, 0.1) is 0 Å². The summed E-state index contributed by atoms with van der Waals surface area (Å²) < 4.78 is 40.6. The van der Waals surface area contributed by atoms with Crippen LogP contribution in [0.5, 0.6) is 0 Å². The van der Waals surface area contributed by atoms with Crippen LogP contribution >= 0.6 is 7.82 Å². The van der Waals surface area contributed by atoms with Crippen LogP contribution in [-0.4, -0.2) is 81.2 Å². The lowest BCUT2D eigenvalue weighted by Crippen LogP contribution is -2.37. The van der Waals surface area contributed by atoms with Crippen molar-refractivity contribution in [3.8, 4) is 0 Å². The predicted octanol–water partition coefficient (Wildman–Crippen LogP) is 12.2. The molecule has 0 aromatic heterocycles. The number of rotatable bonds is 40. The van der Waals surface area contributed by atoms with E-state index in [0.717, 1.165) is 57.8 Å². The van der Waals surface area contributed by atoms with Gasteiger partial charge in [-0.15, -0.1) is 0 Å². The Morgan fingerprint density at radius 3 is 1.85 bits per heavy atom. The van der Waals surface area contributed by atoms with E-state index in [-0.39, 0.29) is 25.8 Å². The first-order chi connectivity index (χ1) is 26.1. The molecule has 10 heteroatoms. The predicted molar refractivity (Wildman–Crippen MR) is 223 cm³/mol. The summed E-state index contributed by atoms with van der Waals surface area (Å²) in [6.45, 7) is 4.88. The van der Waals surface area contributed by atoms with Crippen LogP contribution in [0.25, 0.3) is 0 Å². The van der Waals surface area contributed by atoms with Gasteiger partial charge in [0.05, 0.1) is 46.2 Å². The van der Waals surface area contributed by atoms with Crippen LogP contribution in [0.15, 0.2) is 24.5 Å². The smallest absolute Gasteiger partial charge is 0.472 e. The number of quaternary nitrogens is 1. The van der Waals surface area contributed by atoms with Crippen molar-refractivity contribution in [2.45, 2.75) is 206 Å². The molecule has 1 saturated heterocycles. The van der Waals surface area contributed by atoms with E-state index < -0.39 is 13.9 Å². The minimum atomic E-state index is -4.30.